The number of hydrogen-bond acceptors (Lipinski definition) is 3. The molecule has 0 fully saturated rings. The predicted molar refractivity (Wildman–Crippen MR) is 65.9 cm³/mol. The van der Waals surface area contributed by atoms with E-state index in [0.717, 1.165) is 39.1 Å². The lowest BCUT2D eigenvalue weighted by Gasteiger charge is -2.03. The Morgan fingerprint density at radius 3 is 2.65 bits per heavy atom. The molecular weight excluding hydrogens is 214 g/mol. The van der Waals surface area contributed by atoms with Crippen LogP contribution >= 0.6 is 0 Å². The summed E-state index contributed by atoms with van der Waals surface area (Å²) in [6, 6.07) is 6.20. The molecule has 0 aliphatic heterocycles. The first-order valence-corrected chi connectivity index (χ1v) is 5.58. The maximum atomic E-state index is 5.44. The van der Waals surface area contributed by atoms with Crippen LogP contribution in [0.3, 0.4) is 0 Å². The Hall–Kier alpha value is -2.03. The van der Waals surface area contributed by atoms with Crippen LogP contribution in [0.2, 0.25) is 0 Å². The van der Waals surface area contributed by atoms with Crippen LogP contribution in [0.15, 0.2) is 33.4 Å². The molecule has 0 unspecified atom stereocenters. The minimum absolute atomic E-state index is 0.852. The molecule has 0 N–H and O–H groups in total. The third-order valence-corrected chi connectivity index (χ3v) is 3.06. The third kappa shape index (κ3) is 1.46. The third-order valence-electron chi connectivity index (χ3n) is 3.06. The first kappa shape index (κ1) is 10.1. The molecule has 1 aromatic carbocycles. The van der Waals surface area contributed by atoms with Gasteiger partial charge in [0.15, 0.2) is 0 Å². The molecule has 0 spiro atoms. The van der Waals surface area contributed by atoms with Gasteiger partial charge in [0.25, 0.3) is 0 Å². The summed E-state index contributed by atoms with van der Waals surface area (Å²) in [4.78, 5) is 0. The minimum atomic E-state index is 0.852. The van der Waals surface area contributed by atoms with E-state index >= 15 is 0 Å². The van der Waals surface area contributed by atoms with Crippen LogP contribution in [0.5, 0.6) is 0 Å². The van der Waals surface area contributed by atoms with Gasteiger partial charge in [0, 0.05) is 10.9 Å². The van der Waals surface area contributed by atoms with Crippen LogP contribution in [0.25, 0.3) is 22.1 Å². The van der Waals surface area contributed by atoms with E-state index in [1.54, 1.807) is 6.26 Å². The predicted octanol–water partition coefficient (Wildman–Crippen LogP) is 4.01. The number of fused-ring (bicyclic) bond motifs is 1. The number of nitrogens with zero attached hydrogens (tertiary/aromatic N) is 1. The standard InChI is InChI=1S/C14H13NO2/c1-8-6-12(7-11-4-5-16-14(8)11)13-9(2)15-17-10(13)3/h4-7H,1-3H3. The lowest BCUT2D eigenvalue weighted by Crippen LogP contribution is -1.84. The van der Waals surface area contributed by atoms with Crippen molar-refractivity contribution in [3.63, 3.8) is 0 Å². The summed E-state index contributed by atoms with van der Waals surface area (Å²) in [6.45, 7) is 5.94. The highest BCUT2D eigenvalue weighted by molar-refractivity contribution is 5.86. The number of aromatic nitrogens is 1. The summed E-state index contributed by atoms with van der Waals surface area (Å²) in [5.74, 6) is 0.852. The molecule has 3 heteroatoms. The number of aryl methyl sites for hydroxylation is 3. The Morgan fingerprint density at radius 2 is 1.94 bits per heavy atom. The van der Waals surface area contributed by atoms with Crippen molar-refractivity contribution in [2.24, 2.45) is 0 Å². The summed E-state index contributed by atoms with van der Waals surface area (Å²) in [7, 11) is 0. The second kappa shape index (κ2) is 3.48. The molecule has 0 radical (unpaired) electrons. The Bertz CT molecular complexity index is 672. The summed E-state index contributed by atoms with van der Waals surface area (Å²) >= 11 is 0. The normalized spacial score (nSPS) is 11.2. The molecule has 2 heterocycles. The fraction of sp³-hybridized carbons (Fsp3) is 0.214. The van der Waals surface area contributed by atoms with Gasteiger partial charge in [-0.3, -0.25) is 0 Å². The molecule has 0 aliphatic rings. The van der Waals surface area contributed by atoms with Gasteiger partial charge in [-0.1, -0.05) is 5.16 Å². The van der Waals surface area contributed by atoms with Crippen molar-refractivity contribution in [1.82, 2.24) is 5.16 Å². The molecule has 0 saturated heterocycles. The maximum absolute atomic E-state index is 5.44. The molecule has 0 aliphatic carbocycles. The van der Waals surface area contributed by atoms with E-state index in [1.165, 1.54) is 0 Å². The average molecular weight is 227 g/mol. The van der Waals surface area contributed by atoms with Crippen LogP contribution in [0.4, 0.5) is 0 Å². The SMILES string of the molecule is Cc1noc(C)c1-c1cc(C)c2occc2c1. The summed E-state index contributed by atoms with van der Waals surface area (Å²) < 4.78 is 10.7. The number of rotatable bonds is 1. The lowest BCUT2D eigenvalue weighted by atomic mass is 10.0. The van der Waals surface area contributed by atoms with Crippen molar-refractivity contribution < 1.29 is 8.94 Å². The second-order valence-corrected chi connectivity index (χ2v) is 4.33. The van der Waals surface area contributed by atoms with Crippen LogP contribution in [0.1, 0.15) is 17.0 Å². The van der Waals surface area contributed by atoms with E-state index < -0.39 is 0 Å². The smallest absolute Gasteiger partial charge is 0.141 e. The van der Waals surface area contributed by atoms with Crippen molar-refractivity contribution in [2.75, 3.05) is 0 Å². The Kier molecular flexibility index (Phi) is 2.08. The zero-order valence-electron chi connectivity index (χ0n) is 10.1. The molecule has 2 aromatic heterocycles. The Morgan fingerprint density at radius 1 is 1.12 bits per heavy atom. The maximum Gasteiger partial charge on any atom is 0.141 e. The van der Waals surface area contributed by atoms with Gasteiger partial charge in [-0.15, -0.1) is 0 Å². The lowest BCUT2D eigenvalue weighted by molar-refractivity contribution is 0.393. The van der Waals surface area contributed by atoms with Crippen molar-refractivity contribution in [3.8, 4) is 11.1 Å². The van der Waals surface area contributed by atoms with E-state index in [0.29, 0.717) is 0 Å². The Balaban J connectivity index is 2.31. The topological polar surface area (TPSA) is 39.2 Å². The van der Waals surface area contributed by atoms with E-state index in [2.05, 4.69) is 17.3 Å². The van der Waals surface area contributed by atoms with Gasteiger partial charge >= 0.3 is 0 Å². The molecule has 3 nitrogen and oxygen atoms in total. The van der Waals surface area contributed by atoms with E-state index in [4.69, 9.17) is 8.94 Å². The van der Waals surface area contributed by atoms with Crippen LogP contribution in [0, 0.1) is 20.8 Å². The zero-order chi connectivity index (χ0) is 12.0. The van der Waals surface area contributed by atoms with Crippen LogP contribution in [-0.2, 0) is 0 Å². The van der Waals surface area contributed by atoms with Gasteiger partial charge < -0.3 is 8.94 Å². The van der Waals surface area contributed by atoms with Crippen molar-refractivity contribution in [3.05, 3.63) is 41.5 Å². The fourth-order valence-corrected chi connectivity index (χ4v) is 2.30. The Labute approximate surface area is 99.0 Å². The molecule has 0 amide bonds. The zero-order valence-corrected chi connectivity index (χ0v) is 10.1. The van der Waals surface area contributed by atoms with E-state index in [9.17, 15) is 0 Å². The number of furan rings is 1. The first-order valence-electron chi connectivity index (χ1n) is 5.58. The molecule has 3 rings (SSSR count). The minimum Gasteiger partial charge on any atom is -0.464 e. The molecule has 17 heavy (non-hydrogen) atoms. The molecule has 86 valence electrons. The van der Waals surface area contributed by atoms with Gasteiger partial charge in [0.2, 0.25) is 0 Å². The van der Waals surface area contributed by atoms with Crippen molar-refractivity contribution >= 4 is 11.0 Å². The van der Waals surface area contributed by atoms with Crippen molar-refractivity contribution in [1.29, 1.82) is 0 Å². The first-order chi connectivity index (χ1) is 8.16. The van der Waals surface area contributed by atoms with Gasteiger partial charge in [-0.2, -0.15) is 0 Å². The molecule has 0 saturated carbocycles. The highest BCUT2D eigenvalue weighted by Gasteiger charge is 2.13. The van der Waals surface area contributed by atoms with Crippen molar-refractivity contribution in [2.45, 2.75) is 20.8 Å². The molecular formula is C14H13NO2. The highest BCUT2D eigenvalue weighted by atomic mass is 16.5. The molecule has 0 atom stereocenters. The van der Waals surface area contributed by atoms with E-state index in [1.807, 2.05) is 26.8 Å². The number of benzene rings is 1. The fourth-order valence-electron chi connectivity index (χ4n) is 2.30. The quantitative estimate of drug-likeness (QED) is 0.630. The van der Waals surface area contributed by atoms with Crippen LogP contribution < -0.4 is 0 Å². The molecule has 0 bridgehead atoms. The molecule has 3 aromatic rings. The second-order valence-electron chi connectivity index (χ2n) is 4.33. The average Bonchev–Trinajstić information content (AvgIpc) is 2.86. The van der Waals surface area contributed by atoms with Crippen LogP contribution in [-0.4, -0.2) is 5.16 Å². The van der Waals surface area contributed by atoms with Gasteiger partial charge in [0.1, 0.15) is 11.3 Å². The summed E-state index contributed by atoms with van der Waals surface area (Å²) in [6.07, 6.45) is 1.72. The summed E-state index contributed by atoms with van der Waals surface area (Å²) in [5, 5.41) is 5.10. The van der Waals surface area contributed by atoms with Gasteiger partial charge in [-0.25, -0.2) is 0 Å². The largest absolute Gasteiger partial charge is 0.464 e. The highest BCUT2D eigenvalue weighted by Crippen LogP contribution is 2.31. The summed E-state index contributed by atoms with van der Waals surface area (Å²) in [5.41, 5.74) is 5.21. The monoisotopic (exact) mass is 227 g/mol. The van der Waals surface area contributed by atoms with E-state index in [-0.39, 0.29) is 0 Å². The number of hydrogen-bond donors (Lipinski definition) is 0. The van der Waals surface area contributed by atoms with Gasteiger partial charge in [-0.05, 0) is 50.1 Å². The van der Waals surface area contributed by atoms with Gasteiger partial charge in [0.05, 0.1) is 12.0 Å².